The van der Waals surface area contributed by atoms with Gasteiger partial charge in [0.1, 0.15) is 0 Å². The third kappa shape index (κ3) is 3.69. The smallest absolute Gasteiger partial charge is 0.0763 e. The summed E-state index contributed by atoms with van der Waals surface area (Å²) in [4.78, 5) is 4.72. The van der Waals surface area contributed by atoms with Gasteiger partial charge in [-0.05, 0) is 12.1 Å². The van der Waals surface area contributed by atoms with Crippen molar-refractivity contribution in [2.24, 2.45) is 0 Å². The summed E-state index contributed by atoms with van der Waals surface area (Å²) in [6.07, 6.45) is -0.252. The number of halogens is 1. The summed E-state index contributed by atoms with van der Waals surface area (Å²) in [6, 6.07) is 10.5. The van der Waals surface area contributed by atoms with Crippen molar-refractivity contribution in [2.75, 3.05) is 43.0 Å². The molecule has 0 radical (unpaired) electrons. The molecule has 1 fully saturated rings. The minimum Gasteiger partial charge on any atom is -0.391 e. The van der Waals surface area contributed by atoms with Crippen LogP contribution in [-0.4, -0.2) is 54.2 Å². The predicted octanol–water partition coefficient (Wildman–Crippen LogP) is 1.56. The highest BCUT2D eigenvalue weighted by molar-refractivity contribution is 9.09. The van der Waals surface area contributed by atoms with Crippen LogP contribution in [0.15, 0.2) is 30.3 Å². The molecular weight excluding hydrogens is 280 g/mol. The summed E-state index contributed by atoms with van der Waals surface area (Å²) >= 11 is 3.30. The molecule has 0 aromatic heterocycles. The molecule has 1 aliphatic rings. The van der Waals surface area contributed by atoms with E-state index in [9.17, 15) is 5.11 Å². The summed E-state index contributed by atoms with van der Waals surface area (Å²) in [7, 11) is 0. The first kappa shape index (κ1) is 12.9. The molecule has 0 spiro atoms. The number of hydrogen-bond acceptors (Lipinski definition) is 3. The summed E-state index contributed by atoms with van der Waals surface area (Å²) in [5, 5.41) is 10.2. The minimum absolute atomic E-state index is 0.252. The molecule has 1 aliphatic heterocycles. The number of rotatable bonds is 4. The first-order chi connectivity index (χ1) is 8.29. The molecule has 1 N–H and O–H groups in total. The average Bonchev–Trinajstić information content (AvgIpc) is 2.40. The quantitative estimate of drug-likeness (QED) is 0.855. The van der Waals surface area contributed by atoms with Crippen LogP contribution in [0.25, 0.3) is 0 Å². The lowest BCUT2D eigenvalue weighted by Gasteiger charge is -2.36. The van der Waals surface area contributed by atoms with E-state index >= 15 is 0 Å². The maximum atomic E-state index is 9.59. The SMILES string of the molecule is OC(CBr)CN1CCN(c2ccccc2)CC1. The number of nitrogens with zero attached hydrogens (tertiary/aromatic N) is 2. The number of piperazine rings is 1. The number of alkyl halides is 1. The molecular formula is C13H19BrN2O. The molecule has 94 valence electrons. The van der Waals surface area contributed by atoms with Gasteiger partial charge >= 0.3 is 0 Å². The zero-order valence-electron chi connectivity index (χ0n) is 9.93. The maximum Gasteiger partial charge on any atom is 0.0763 e. The van der Waals surface area contributed by atoms with Crippen LogP contribution in [0.3, 0.4) is 0 Å². The molecule has 1 saturated heterocycles. The summed E-state index contributed by atoms with van der Waals surface area (Å²) < 4.78 is 0. The molecule has 17 heavy (non-hydrogen) atoms. The maximum absolute atomic E-state index is 9.59. The summed E-state index contributed by atoms with van der Waals surface area (Å²) in [5.74, 6) is 0. The van der Waals surface area contributed by atoms with E-state index in [0.717, 1.165) is 32.7 Å². The summed E-state index contributed by atoms with van der Waals surface area (Å²) in [5.41, 5.74) is 1.30. The molecule has 0 amide bonds. The highest BCUT2D eigenvalue weighted by atomic mass is 79.9. The standard InChI is InChI=1S/C13H19BrN2O/c14-10-13(17)11-15-6-8-16(9-7-15)12-4-2-1-3-5-12/h1-5,13,17H,6-11H2. The van der Waals surface area contributed by atoms with Crippen LogP contribution in [0, 0.1) is 0 Å². The molecule has 1 unspecified atom stereocenters. The van der Waals surface area contributed by atoms with E-state index in [4.69, 9.17) is 0 Å². The zero-order valence-corrected chi connectivity index (χ0v) is 11.5. The third-order valence-corrected chi connectivity index (χ3v) is 3.89. The number of β-amino-alcohol motifs (C(OH)–C–C–N with tert-alkyl or cyclic N) is 1. The average molecular weight is 299 g/mol. The fourth-order valence-electron chi connectivity index (χ4n) is 2.17. The second-order valence-electron chi connectivity index (χ2n) is 4.43. The fraction of sp³-hybridized carbons (Fsp3) is 0.538. The normalized spacial score (nSPS) is 19.3. The van der Waals surface area contributed by atoms with Crippen LogP contribution in [-0.2, 0) is 0 Å². The van der Waals surface area contributed by atoms with E-state index in [1.54, 1.807) is 0 Å². The van der Waals surface area contributed by atoms with Gasteiger partial charge in [-0.3, -0.25) is 4.90 Å². The Morgan fingerprint density at radius 1 is 1.12 bits per heavy atom. The minimum atomic E-state index is -0.252. The van der Waals surface area contributed by atoms with Crippen LogP contribution in [0.2, 0.25) is 0 Å². The fourth-order valence-corrected chi connectivity index (χ4v) is 2.38. The number of hydrogen-bond donors (Lipinski definition) is 1. The van der Waals surface area contributed by atoms with Gasteiger partial charge in [0.15, 0.2) is 0 Å². The van der Waals surface area contributed by atoms with E-state index in [1.807, 2.05) is 6.07 Å². The Hall–Kier alpha value is -0.580. The first-order valence-corrected chi connectivity index (χ1v) is 7.18. The molecule has 1 aromatic carbocycles. The Morgan fingerprint density at radius 3 is 2.35 bits per heavy atom. The molecule has 0 bridgehead atoms. The largest absolute Gasteiger partial charge is 0.391 e. The molecule has 0 saturated carbocycles. The van der Waals surface area contributed by atoms with Gasteiger partial charge in [0.25, 0.3) is 0 Å². The lowest BCUT2D eigenvalue weighted by atomic mass is 10.2. The van der Waals surface area contributed by atoms with Crippen molar-refractivity contribution in [3.63, 3.8) is 0 Å². The molecule has 2 rings (SSSR count). The zero-order chi connectivity index (χ0) is 12.1. The van der Waals surface area contributed by atoms with Crippen molar-refractivity contribution in [1.82, 2.24) is 4.90 Å². The molecule has 3 nitrogen and oxygen atoms in total. The monoisotopic (exact) mass is 298 g/mol. The van der Waals surface area contributed by atoms with Crippen molar-refractivity contribution in [3.8, 4) is 0 Å². The van der Waals surface area contributed by atoms with Gasteiger partial charge in [-0.25, -0.2) is 0 Å². The molecule has 1 atom stereocenters. The van der Waals surface area contributed by atoms with Gasteiger partial charge < -0.3 is 10.0 Å². The predicted molar refractivity (Wildman–Crippen MR) is 74.9 cm³/mol. The Balaban J connectivity index is 1.82. The number of para-hydroxylation sites is 1. The van der Waals surface area contributed by atoms with E-state index in [0.29, 0.717) is 5.33 Å². The van der Waals surface area contributed by atoms with Crippen molar-refractivity contribution in [1.29, 1.82) is 0 Å². The van der Waals surface area contributed by atoms with E-state index in [-0.39, 0.29) is 6.10 Å². The summed E-state index contributed by atoms with van der Waals surface area (Å²) in [6.45, 7) is 4.91. The van der Waals surface area contributed by atoms with Crippen LogP contribution >= 0.6 is 15.9 Å². The Kier molecular flexibility index (Phi) is 4.83. The van der Waals surface area contributed by atoms with Crippen molar-refractivity contribution >= 4 is 21.6 Å². The van der Waals surface area contributed by atoms with Crippen molar-refractivity contribution in [2.45, 2.75) is 6.10 Å². The van der Waals surface area contributed by atoms with Gasteiger partial charge in [0.2, 0.25) is 0 Å². The van der Waals surface area contributed by atoms with E-state index in [2.05, 4.69) is 50.0 Å². The topological polar surface area (TPSA) is 26.7 Å². The lowest BCUT2D eigenvalue weighted by Crippen LogP contribution is -2.48. The van der Waals surface area contributed by atoms with Gasteiger partial charge in [0.05, 0.1) is 6.10 Å². The Bertz CT molecular complexity index is 325. The van der Waals surface area contributed by atoms with Crippen LogP contribution < -0.4 is 4.90 Å². The molecule has 1 aromatic rings. The highest BCUT2D eigenvalue weighted by Gasteiger charge is 2.18. The van der Waals surface area contributed by atoms with Crippen LogP contribution in [0.5, 0.6) is 0 Å². The Labute approximate surface area is 111 Å². The molecule has 4 heteroatoms. The molecule has 1 heterocycles. The molecule has 0 aliphatic carbocycles. The van der Waals surface area contributed by atoms with Crippen molar-refractivity contribution < 1.29 is 5.11 Å². The third-order valence-electron chi connectivity index (χ3n) is 3.14. The van der Waals surface area contributed by atoms with Crippen LogP contribution in [0.4, 0.5) is 5.69 Å². The van der Waals surface area contributed by atoms with Gasteiger partial charge in [-0.1, -0.05) is 34.1 Å². The first-order valence-electron chi connectivity index (χ1n) is 6.06. The Morgan fingerprint density at radius 2 is 1.76 bits per heavy atom. The highest BCUT2D eigenvalue weighted by Crippen LogP contribution is 2.15. The number of aliphatic hydroxyl groups excluding tert-OH is 1. The number of benzene rings is 1. The number of aliphatic hydroxyl groups is 1. The second kappa shape index (κ2) is 6.38. The van der Waals surface area contributed by atoms with Crippen molar-refractivity contribution in [3.05, 3.63) is 30.3 Å². The van der Waals surface area contributed by atoms with E-state index in [1.165, 1.54) is 5.69 Å². The van der Waals surface area contributed by atoms with E-state index < -0.39 is 0 Å². The second-order valence-corrected chi connectivity index (χ2v) is 5.08. The van der Waals surface area contributed by atoms with Gasteiger partial charge in [0, 0.05) is 43.7 Å². The number of anilines is 1. The van der Waals surface area contributed by atoms with Gasteiger partial charge in [-0.2, -0.15) is 0 Å². The lowest BCUT2D eigenvalue weighted by molar-refractivity contribution is 0.127. The van der Waals surface area contributed by atoms with Crippen LogP contribution in [0.1, 0.15) is 0 Å². The van der Waals surface area contributed by atoms with Gasteiger partial charge in [-0.15, -0.1) is 0 Å².